The number of aliphatic hydroxyl groups excluding tert-OH is 1. The molecule has 0 aliphatic rings. The van der Waals surface area contributed by atoms with Crippen molar-refractivity contribution in [1.29, 1.82) is 0 Å². The van der Waals surface area contributed by atoms with Crippen molar-refractivity contribution in [2.24, 2.45) is 0 Å². The number of benzene rings is 1. The van der Waals surface area contributed by atoms with E-state index < -0.39 is 20.7 Å². The van der Waals surface area contributed by atoms with E-state index in [1.54, 1.807) is 0 Å². The maximum atomic E-state index is 13.8. The lowest BCUT2D eigenvalue weighted by atomic mass is 10.2. The molecule has 0 aromatic heterocycles. The zero-order chi connectivity index (χ0) is 15.9. The normalized spacial score (nSPS) is 12.0. The molecule has 1 aromatic rings. The van der Waals surface area contributed by atoms with Gasteiger partial charge in [-0.15, -0.1) is 0 Å². The summed E-state index contributed by atoms with van der Waals surface area (Å²) in [6.07, 6.45) is 3.63. The number of nitrogen functional groups attached to an aromatic ring is 1. The number of sulfonamides is 1. The van der Waals surface area contributed by atoms with E-state index in [2.05, 4.69) is 6.92 Å². The average Bonchev–Trinajstić information content (AvgIpc) is 2.44. The standard InChI is InChI=1S/C14H23FN2O3S/c1-2-3-4-5-8-17(9-10-18)21(19,20)14-11-12(16)6-7-13(14)15/h6-7,11,18H,2-5,8-10,16H2,1H3. The van der Waals surface area contributed by atoms with Gasteiger partial charge in [0.05, 0.1) is 6.61 Å². The Kier molecular flexibility index (Phi) is 7.07. The zero-order valence-corrected chi connectivity index (χ0v) is 13.1. The Balaban J connectivity index is 2.95. The number of halogens is 1. The van der Waals surface area contributed by atoms with Crippen LogP contribution in [0.2, 0.25) is 0 Å². The van der Waals surface area contributed by atoms with Gasteiger partial charge in [0, 0.05) is 18.8 Å². The Morgan fingerprint density at radius 1 is 1.24 bits per heavy atom. The SMILES string of the molecule is CCCCCCN(CCO)S(=O)(=O)c1cc(N)ccc1F. The number of rotatable bonds is 9. The Morgan fingerprint density at radius 2 is 1.95 bits per heavy atom. The van der Waals surface area contributed by atoms with Crippen molar-refractivity contribution < 1.29 is 17.9 Å². The van der Waals surface area contributed by atoms with Crippen LogP contribution in [0.25, 0.3) is 0 Å². The number of anilines is 1. The Morgan fingerprint density at radius 3 is 2.57 bits per heavy atom. The molecular formula is C14H23FN2O3S. The van der Waals surface area contributed by atoms with Gasteiger partial charge >= 0.3 is 0 Å². The van der Waals surface area contributed by atoms with Crippen molar-refractivity contribution in [1.82, 2.24) is 4.31 Å². The van der Waals surface area contributed by atoms with E-state index in [4.69, 9.17) is 10.8 Å². The van der Waals surface area contributed by atoms with Crippen LogP contribution in [0, 0.1) is 5.82 Å². The third-order valence-corrected chi connectivity index (χ3v) is 5.10. The fourth-order valence-corrected chi connectivity index (χ4v) is 3.60. The molecule has 0 fully saturated rings. The molecule has 0 saturated heterocycles. The van der Waals surface area contributed by atoms with Crippen LogP contribution in [0.15, 0.2) is 23.1 Å². The fourth-order valence-electron chi connectivity index (χ4n) is 2.04. The average molecular weight is 318 g/mol. The van der Waals surface area contributed by atoms with E-state index in [9.17, 15) is 12.8 Å². The molecule has 0 aliphatic carbocycles. The van der Waals surface area contributed by atoms with Gasteiger partial charge in [-0.2, -0.15) is 4.31 Å². The number of hydrogen-bond donors (Lipinski definition) is 2. The van der Waals surface area contributed by atoms with Crippen LogP contribution in [0.1, 0.15) is 32.6 Å². The maximum Gasteiger partial charge on any atom is 0.246 e. The van der Waals surface area contributed by atoms with Crippen LogP contribution in [-0.4, -0.2) is 37.5 Å². The Labute approximate surface area is 125 Å². The minimum Gasteiger partial charge on any atom is -0.399 e. The summed E-state index contributed by atoms with van der Waals surface area (Å²) >= 11 is 0. The van der Waals surface area contributed by atoms with Crippen molar-refractivity contribution in [3.05, 3.63) is 24.0 Å². The lowest BCUT2D eigenvalue weighted by molar-refractivity contribution is 0.251. The summed E-state index contributed by atoms with van der Waals surface area (Å²) in [5.41, 5.74) is 5.72. The minimum atomic E-state index is -3.99. The molecule has 5 nitrogen and oxygen atoms in total. The van der Waals surface area contributed by atoms with E-state index in [0.717, 1.165) is 35.7 Å². The number of nitrogens with zero attached hydrogens (tertiary/aromatic N) is 1. The number of nitrogens with two attached hydrogens (primary N) is 1. The van der Waals surface area contributed by atoms with E-state index in [1.807, 2.05) is 0 Å². The molecule has 1 rings (SSSR count). The number of aliphatic hydroxyl groups is 1. The van der Waals surface area contributed by atoms with E-state index in [0.29, 0.717) is 6.42 Å². The lowest BCUT2D eigenvalue weighted by Gasteiger charge is -2.21. The first-order valence-corrected chi connectivity index (χ1v) is 8.53. The molecule has 0 heterocycles. The first kappa shape index (κ1) is 17.9. The molecule has 0 atom stereocenters. The summed E-state index contributed by atoms with van der Waals surface area (Å²) in [6.45, 7) is 1.96. The predicted octanol–water partition coefficient (Wildman–Crippen LogP) is 1.97. The van der Waals surface area contributed by atoms with Crippen LogP contribution >= 0.6 is 0 Å². The first-order valence-electron chi connectivity index (χ1n) is 7.09. The summed E-state index contributed by atoms with van der Waals surface area (Å²) in [7, 11) is -3.99. The van der Waals surface area contributed by atoms with Gasteiger partial charge in [0.15, 0.2) is 0 Å². The molecule has 120 valence electrons. The highest BCUT2D eigenvalue weighted by molar-refractivity contribution is 7.89. The predicted molar refractivity (Wildman–Crippen MR) is 80.8 cm³/mol. The monoisotopic (exact) mass is 318 g/mol. The smallest absolute Gasteiger partial charge is 0.246 e. The van der Waals surface area contributed by atoms with Crippen molar-refractivity contribution in [3.63, 3.8) is 0 Å². The minimum absolute atomic E-state index is 0.0529. The van der Waals surface area contributed by atoms with Crippen LogP contribution in [0.4, 0.5) is 10.1 Å². The Bertz CT molecular complexity index is 549. The first-order chi connectivity index (χ1) is 9.93. The highest BCUT2D eigenvalue weighted by Gasteiger charge is 2.26. The van der Waals surface area contributed by atoms with Crippen molar-refractivity contribution in [2.45, 2.75) is 37.5 Å². The highest BCUT2D eigenvalue weighted by Crippen LogP contribution is 2.22. The summed E-state index contributed by atoms with van der Waals surface area (Å²) in [5, 5.41) is 9.05. The molecule has 1 aromatic carbocycles. The van der Waals surface area contributed by atoms with Gasteiger partial charge in [-0.3, -0.25) is 0 Å². The van der Waals surface area contributed by atoms with Gasteiger partial charge in [-0.1, -0.05) is 26.2 Å². The summed E-state index contributed by atoms with van der Waals surface area (Å²) in [4.78, 5) is -0.438. The zero-order valence-electron chi connectivity index (χ0n) is 12.3. The van der Waals surface area contributed by atoms with Gasteiger partial charge < -0.3 is 10.8 Å². The molecule has 0 aliphatic heterocycles. The number of unbranched alkanes of at least 4 members (excludes halogenated alkanes) is 3. The molecule has 0 unspecified atom stereocenters. The Hall–Kier alpha value is -1.18. The largest absolute Gasteiger partial charge is 0.399 e. The molecule has 0 amide bonds. The van der Waals surface area contributed by atoms with Gasteiger partial charge in [-0.25, -0.2) is 12.8 Å². The van der Waals surface area contributed by atoms with E-state index >= 15 is 0 Å². The van der Waals surface area contributed by atoms with E-state index in [1.165, 1.54) is 6.07 Å². The van der Waals surface area contributed by atoms with Crippen LogP contribution in [-0.2, 0) is 10.0 Å². The van der Waals surface area contributed by atoms with Crippen molar-refractivity contribution in [2.75, 3.05) is 25.4 Å². The lowest BCUT2D eigenvalue weighted by Crippen LogP contribution is -2.35. The molecule has 21 heavy (non-hydrogen) atoms. The molecule has 0 radical (unpaired) electrons. The second kappa shape index (κ2) is 8.31. The third-order valence-electron chi connectivity index (χ3n) is 3.18. The fraction of sp³-hybridized carbons (Fsp3) is 0.571. The second-order valence-corrected chi connectivity index (χ2v) is 6.78. The number of hydrogen-bond acceptors (Lipinski definition) is 4. The molecule has 3 N–H and O–H groups in total. The summed E-state index contributed by atoms with van der Waals surface area (Å²) in [5.74, 6) is -0.833. The second-order valence-electron chi connectivity index (χ2n) is 4.88. The van der Waals surface area contributed by atoms with Gasteiger partial charge in [0.2, 0.25) is 10.0 Å². The molecular weight excluding hydrogens is 295 g/mol. The molecule has 0 spiro atoms. The molecule has 7 heteroatoms. The molecule has 0 saturated carbocycles. The van der Waals surface area contributed by atoms with Crippen molar-refractivity contribution in [3.8, 4) is 0 Å². The van der Waals surface area contributed by atoms with Gasteiger partial charge in [-0.05, 0) is 24.6 Å². The maximum absolute atomic E-state index is 13.8. The topological polar surface area (TPSA) is 83.6 Å². The summed E-state index contributed by atoms with van der Waals surface area (Å²) in [6, 6.07) is 3.46. The highest BCUT2D eigenvalue weighted by atomic mass is 32.2. The quantitative estimate of drug-likeness (QED) is 0.538. The van der Waals surface area contributed by atoms with Gasteiger partial charge in [0.25, 0.3) is 0 Å². The van der Waals surface area contributed by atoms with Crippen molar-refractivity contribution >= 4 is 15.7 Å². The summed E-state index contributed by atoms with van der Waals surface area (Å²) < 4.78 is 39.9. The van der Waals surface area contributed by atoms with E-state index in [-0.39, 0.29) is 25.4 Å². The van der Waals surface area contributed by atoms with Gasteiger partial charge in [0.1, 0.15) is 10.7 Å². The van der Waals surface area contributed by atoms with Crippen LogP contribution < -0.4 is 5.73 Å². The van der Waals surface area contributed by atoms with Crippen LogP contribution in [0.3, 0.4) is 0 Å². The third kappa shape index (κ3) is 4.94. The van der Waals surface area contributed by atoms with Crippen LogP contribution in [0.5, 0.6) is 0 Å². The molecule has 0 bridgehead atoms.